The minimum Gasteiger partial charge on any atom is -0.398 e. The monoisotopic (exact) mass is 276 g/mol. The Bertz CT molecular complexity index is 450. The van der Waals surface area contributed by atoms with E-state index in [2.05, 4.69) is 27.7 Å². The van der Waals surface area contributed by atoms with Gasteiger partial charge < -0.3 is 10.6 Å². The summed E-state index contributed by atoms with van der Waals surface area (Å²) in [6.45, 7) is 11.3. The number of nitrogen functional groups attached to an aromatic ring is 1. The zero-order valence-corrected chi connectivity index (χ0v) is 13.4. The van der Waals surface area contributed by atoms with Gasteiger partial charge >= 0.3 is 0 Å². The second-order valence-corrected chi connectivity index (χ2v) is 5.86. The first kappa shape index (κ1) is 16.5. The summed E-state index contributed by atoms with van der Waals surface area (Å²) in [4.78, 5) is 14.9. The lowest BCUT2D eigenvalue weighted by atomic mass is 10.0. The van der Waals surface area contributed by atoms with Gasteiger partial charge in [-0.05, 0) is 37.3 Å². The molecule has 0 aliphatic carbocycles. The number of nitrogens with two attached hydrogens (primary N) is 1. The molecule has 2 N–H and O–H groups in total. The number of carbonyl (C=O) groups is 1. The molecule has 0 unspecified atom stereocenters. The quantitative estimate of drug-likeness (QED) is 0.802. The molecule has 0 atom stereocenters. The third kappa shape index (κ3) is 3.75. The van der Waals surface area contributed by atoms with Gasteiger partial charge in [-0.25, -0.2) is 0 Å². The van der Waals surface area contributed by atoms with Crippen LogP contribution in [0.2, 0.25) is 0 Å². The maximum Gasteiger partial charge on any atom is 0.256 e. The molecule has 0 heterocycles. The largest absolute Gasteiger partial charge is 0.398 e. The summed E-state index contributed by atoms with van der Waals surface area (Å²) in [6.07, 6.45) is 1.95. The van der Waals surface area contributed by atoms with Crippen LogP contribution in [-0.4, -0.2) is 23.4 Å². The molecule has 1 amide bonds. The van der Waals surface area contributed by atoms with Crippen molar-refractivity contribution < 1.29 is 4.79 Å². The number of carbonyl (C=O) groups excluding carboxylic acids is 1. The van der Waals surface area contributed by atoms with E-state index in [0.717, 1.165) is 24.9 Å². The second-order valence-electron chi connectivity index (χ2n) is 5.86. The van der Waals surface area contributed by atoms with Crippen LogP contribution in [0.5, 0.6) is 0 Å². The van der Waals surface area contributed by atoms with Crippen molar-refractivity contribution in [3.63, 3.8) is 0 Å². The van der Waals surface area contributed by atoms with Gasteiger partial charge in [0.05, 0.1) is 5.56 Å². The van der Waals surface area contributed by atoms with E-state index in [1.165, 1.54) is 0 Å². The lowest BCUT2D eigenvalue weighted by molar-refractivity contribution is 0.0641. The van der Waals surface area contributed by atoms with E-state index < -0.39 is 0 Å². The maximum atomic E-state index is 12.9. The molecule has 1 aromatic rings. The van der Waals surface area contributed by atoms with Crippen LogP contribution in [0.1, 0.15) is 56.5 Å². The Morgan fingerprint density at radius 3 is 2.35 bits per heavy atom. The first-order chi connectivity index (χ1) is 9.42. The molecule has 0 radical (unpaired) electrons. The van der Waals surface area contributed by atoms with E-state index in [9.17, 15) is 4.79 Å². The molecule has 0 bridgehead atoms. The van der Waals surface area contributed by atoms with Crippen molar-refractivity contribution >= 4 is 11.6 Å². The first-order valence-corrected chi connectivity index (χ1v) is 7.58. The molecule has 0 aromatic heterocycles. The smallest absolute Gasteiger partial charge is 0.256 e. The predicted molar refractivity (Wildman–Crippen MR) is 85.8 cm³/mol. The SMILES string of the molecule is CCC(CC)N(CC(C)C)C(=O)c1cccc(C)c1N. The average Bonchev–Trinajstić information content (AvgIpc) is 2.41. The van der Waals surface area contributed by atoms with Crippen molar-refractivity contribution in [1.29, 1.82) is 0 Å². The molecule has 1 aromatic carbocycles. The fraction of sp³-hybridized carbons (Fsp3) is 0.588. The lowest BCUT2D eigenvalue weighted by Crippen LogP contribution is -2.42. The fourth-order valence-electron chi connectivity index (χ4n) is 2.54. The molecule has 3 nitrogen and oxygen atoms in total. The van der Waals surface area contributed by atoms with Gasteiger partial charge in [0.1, 0.15) is 0 Å². The summed E-state index contributed by atoms with van der Waals surface area (Å²) in [5, 5.41) is 0. The molecule has 0 aliphatic rings. The zero-order chi connectivity index (χ0) is 15.3. The van der Waals surface area contributed by atoms with Gasteiger partial charge in [0.2, 0.25) is 0 Å². The van der Waals surface area contributed by atoms with Crippen molar-refractivity contribution in [2.75, 3.05) is 12.3 Å². The van der Waals surface area contributed by atoms with E-state index in [1.807, 2.05) is 30.0 Å². The number of amides is 1. The third-order valence-corrected chi connectivity index (χ3v) is 3.76. The van der Waals surface area contributed by atoms with Gasteiger partial charge in [-0.2, -0.15) is 0 Å². The molecule has 3 heteroatoms. The number of aryl methyl sites for hydroxylation is 1. The van der Waals surface area contributed by atoms with Crippen molar-refractivity contribution in [3.8, 4) is 0 Å². The Morgan fingerprint density at radius 2 is 1.85 bits per heavy atom. The Kier molecular flexibility index (Phi) is 6.05. The number of rotatable bonds is 6. The van der Waals surface area contributed by atoms with Gasteiger partial charge in [0, 0.05) is 18.3 Å². The highest BCUT2D eigenvalue weighted by atomic mass is 16.2. The number of para-hydroxylation sites is 1. The highest BCUT2D eigenvalue weighted by molar-refractivity contribution is 5.99. The average molecular weight is 276 g/mol. The van der Waals surface area contributed by atoms with Gasteiger partial charge in [-0.15, -0.1) is 0 Å². The molecule has 0 fully saturated rings. The molecule has 1 rings (SSSR count). The zero-order valence-electron chi connectivity index (χ0n) is 13.4. The van der Waals surface area contributed by atoms with Gasteiger partial charge in [0.25, 0.3) is 5.91 Å². The standard InChI is InChI=1S/C17H28N2O/c1-6-14(7-2)19(11-12(3)4)17(20)15-10-8-9-13(5)16(15)18/h8-10,12,14H,6-7,11,18H2,1-5H3. The van der Waals surface area contributed by atoms with E-state index in [1.54, 1.807) is 0 Å². The topological polar surface area (TPSA) is 46.3 Å². The summed E-state index contributed by atoms with van der Waals surface area (Å²) in [5.74, 6) is 0.513. The van der Waals surface area contributed by atoms with Crippen LogP contribution < -0.4 is 5.73 Å². The second kappa shape index (κ2) is 7.32. The van der Waals surface area contributed by atoms with E-state index in [4.69, 9.17) is 5.73 Å². The number of hydrogen-bond acceptors (Lipinski definition) is 2. The van der Waals surface area contributed by atoms with Gasteiger partial charge in [-0.1, -0.05) is 39.8 Å². The molecule has 20 heavy (non-hydrogen) atoms. The molecule has 112 valence electrons. The highest BCUT2D eigenvalue weighted by Gasteiger charge is 2.24. The van der Waals surface area contributed by atoms with Crippen LogP contribution in [0, 0.1) is 12.8 Å². The minimum absolute atomic E-state index is 0.0635. The number of nitrogens with zero attached hydrogens (tertiary/aromatic N) is 1. The summed E-state index contributed by atoms with van der Waals surface area (Å²) < 4.78 is 0. The molecular formula is C17H28N2O. The Balaban J connectivity index is 3.12. The van der Waals surface area contributed by atoms with Crippen molar-refractivity contribution in [3.05, 3.63) is 29.3 Å². The lowest BCUT2D eigenvalue weighted by Gasteiger charge is -2.32. The summed E-state index contributed by atoms with van der Waals surface area (Å²) in [5.41, 5.74) is 8.30. The Hall–Kier alpha value is -1.51. The number of anilines is 1. The van der Waals surface area contributed by atoms with E-state index in [0.29, 0.717) is 17.2 Å². The number of benzene rings is 1. The minimum atomic E-state index is 0.0635. The molecular weight excluding hydrogens is 248 g/mol. The Labute approximate surface area is 123 Å². The fourth-order valence-corrected chi connectivity index (χ4v) is 2.54. The van der Waals surface area contributed by atoms with Crippen LogP contribution in [0.4, 0.5) is 5.69 Å². The molecule has 0 saturated heterocycles. The Morgan fingerprint density at radius 1 is 1.25 bits per heavy atom. The van der Waals surface area contributed by atoms with Crippen LogP contribution in [-0.2, 0) is 0 Å². The predicted octanol–water partition coefficient (Wildman–Crippen LogP) is 3.86. The van der Waals surface area contributed by atoms with Crippen LogP contribution >= 0.6 is 0 Å². The maximum absolute atomic E-state index is 12.9. The highest BCUT2D eigenvalue weighted by Crippen LogP contribution is 2.22. The molecule has 0 saturated carbocycles. The number of hydrogen-bond donors (Lipinski definition) is 1. The summed E-state index contributed by atoms with van der Waals surface area (Å²) >= 11 is 0. The molecule has 0 spiro atoms. The van der Waals surface area contributed by atoms with E-state index >= 15 is 0 Å². The first-order valence-electron chi connectivity index (χ1n) is 7.58. The van der Waals surface area contributed by atoms with Crippen molar-refractivity contribution in [1.82, 2.24) is 4.90 Å². The summed E-state index contributed by atoms with van der Waals surface area (Å²) in [6, 6.07) is 5.96. The third-order valence-electron chi connectivity index (χ3n) is 3.76. The van der Waals surface area contributed by atoms with Crippen molar-refractivity contribution in [2.45, 2.75) is 53.5 Å². The van der Waals surface area contributed by atoms with Gasteiger partial charge in [0.15, 0.2) is 0 Å². The molecule has 0 aliphatic heterocycles. The van der Waals surface area contributed by atoms with Gasteiger partial charge in [-0.3, -0.25) is 4.79 Å². The van der Waals surface area contributed by atoms with Crippen LogP contribution in [0.25, 0.3) is 0 Å². The van der Waals surface area contributed by atoms with Crippen LogP contribution in [0.15, 0.2) is 18.2 Å². The normalized spacial score (nSPS) is 11.2. The summed E-state index contributed by atoms with van der Waals surface area (Å²) in [7, 11) is 0. The van der Waals surface area contributed by atoms with Crippen LogP contribution in [0.3, 0.4) is 0 Å². The van der Waals surface area contributed by atoms with Crippen molar-refractivity contribution in [2.24, 2.45) is 5.92 Å². The van der Waals surface area contributed by atoms with E-state index in [-0.39, 0.29) is 11.9 Å².